The Morgan fingerprint density at radius 2 is 1.90 bits per heavy atom. The number of carbonyl (C=O) groups is 1. The molecule has 2 fully saturated rings. The van der Waals surface area contributed by atoms with E-state index in [2.05, 4.69) is 10.6 Å². The maximum atomic E-state index is 15.7. The van der Waals surface area contributed by atoms with Crippen molar-refractivity contribution in [3.63, 3.8) is 0 Å². The number of halogens is 4. The highest BCUT2D eigenvalue weighted by Crippen LogP contribution is 2.46. The smallest absolute Gasteiger partial charge is 0.413 e. The summed E-state index contributed by atoms with van der Waals surface area (Å²) >= 11 is 12.1. The van der Waals surface area contributed by atoms with Gasteiger partial charge < -0.3 is 29.6 Å². The summed E-state index contributed by atoms with van der Waals surface area (Å²) in [6.07, 6.45) is -0.598. The van der Waals surface area contributed by atoms with Gasteiger partial charge in [-0.05, 0) is 37.6 Å². The normalized spacial score (nSPS) is 22.6. The Morgan fingerprint density at radius 1 is 1.21 bits per heavy atom. The van der Waals surface area contributed by atoms with Crippen molar-refractivity contribution in [1.82, 2.24) is 15.2 Å². The van der Waals surface area contributed by atoms with E-state index in [1.165, 1.54) is 23.9 Å². The quantitative estimate of drug-likeness (QED) is 0.416. The number of hydrogen-bond acceptors (Lipinski definition) is 6. The highest BCUT2D eigenvalue weighted by Gasteiger charge is 2.41. The molecule has 2 unspecified atom stereocenters. The Balaban J connectivity index is 1.53. The molecule has 8 nitrogen and oxygen atoms in total. The number of amides is 1. The van der Waals surface area contributed by atoms with Gasteiger partial charge >= 0.3 is 6.09 Å². The summed E-state index contributed by atoms with van der Waals surface area (Å²) in [5, 5.41) is 6.65. The van der Waals surface area contributed by atoms with E-state index >= 15 is 4.39 Å². The van der Waals surface area contributed by atoms with Crippen LogP contribution in [0.3, 0.4) is 0 Å². The summed E-state index contributed by atoms with van der Waals surface area (Å²) in [5.41, 5.74) is 0.329. The summed E-state index contributed by atoms with van der Waals surface area (Å²) in [5.74, 6) is -0.883. The molecule has 1 aliphatic heterocycles. The van der Waals surface area contributed by atoms with Crippen LogP contribution in [0.1, 0.15) is 31.9 Å². The van der Waals surface area contributed by atoms with Crippen LogP contribution in [0.25, 0.3) is 10.9 Å². The Hall–Kier alpha value is -3.08. The molecule has 4 atom stereocenters. The van der Waals surface area contributed by atoms with Crippen LogP contribution in [0.2, 0.25) is 10.0 Å². The molecule has 0 radical (unpaired) electrons. The predicted molar refractivity (Wildman–Crippen MR) is 147 cm³/mol. The van der Waals surface area contributed by atoms with E-state index in [4.69, 9.17) is 32.7 Å². The minimum Gasteiger partial charge on any atom is -0.492 e. The number of nitrogens with zero attached hydrogens (tertiary/aromatic N) is 2. The number of piperazine rings is 1. The first kappa shape index (κ1) is 27.5. The average molecular weight is 581 g/mol. The molecule has 2 aliphatic rings. The Labute approximate surface area is 233 Å². The number of aromatic nitrogens is 1. The molecular formula is C27H28Cl2F2N4O4. The molecule has 3 aromatic rings. The van der Waals surface area contributed by atoms with Crippen molar-refractivity contribution in [1.29, 1.82) is 0 Å². The second kappa shape index (κ2) is 10.8. The van der Waals surface area contributed by atoms with Gasteiger partial charge in [0.2, 0.25) is 5.43 Å². The maximum Gasteiger partial charge on any atom is 0.413 e. The van der Waals surface area contributed by atoms with Gasteiger partial charge in [0.15, 0.2) is 17.3 Å². The Kier molecular flexibility index (Phi) is 7.63. The number of benzene rings is 2. The van der Waals surface area contributed by atoms with Crippen LogP contribution in [0, 0.1) is 5.82 Å². The van der Waals surface area contributed by atoms with Gasteiger partial charge in [-0.1, -0.05) is 29.3 Å². The molecule has 1 amide bonds. The van der Waals surface area contributed by atoms with Crippen molar-refractivity contribution >= 4 is 45.9 Å². The van der Waals surface area contributed by atoms with Crippen molar-refractivity contribution in [2.75, 3.05) is 25.1 Å². The number of ether oxygens (including phenoxy) is 2. The van der Waals surface area contributed by atoms with Crippen molar-refractivity contribution in [3.8, 4) is 11.5 Å². The minimum absolute atomic E-state index is 0.0130. The molecule has 1 saturated carbocycles. The topological polar surface area (TPSA) is 84.8 Å². The summed E-state index contributed by atoms with van der Waals surface area (Å²) < 4.78 is 42.5. The number of methoxy groups -OCH3 is 1. The van der Waals surface area contributed by atoms with E-state index in [1.807, 2.05) is 18.7 Å². The number of anilines is 1. The fourth-order valence-corrected chi connectivity index (χ4v) is 5.63. The van der Waals surface area contributed by atoms with Crippen LogP contribution < -0.4 is 30.4 Å². The van der Waals surface area contributed by atoms with Gasteiger partial charge in [-0.25, -0.2) is 13.6 Å². The third kappa shape index (κ3) is 5.50. The molecule has 5 rings (SSSR count). The molecule has 0 spiro atoms. The number of carbonyl (C=O) groups excluding carboxylic acids is 1. The SMILES string of the molecule is COc1c(N2CC(C)NC(C)C2)c(F)cc2c(=O)c(OC(=O)NCc3ccc(Cl)cc3Cl)cn([C@@H]3C[C@@H]3F)c12. The van der Waals surface area contributed by atoms with Crippen LogP contribution in [0.15, 0.2) is 35.3 Å². The van der Waals surface area contributed by atoms with E-state index in [0.29, 0.717) is 28.7 Å². The molecule has 39 heavy (non-hydrogen) atoms. The van der Waals surface area contributed by atoms with E-state index < -0.39 is 29.6 Å². The van der Waals surface area contributed by atoms with Crippen LogP contribution >= 0.6 is 23.2 Å². The lowest BCUT2D eigenvalue weighted by Crippen LogP contribution is -2.54. The number of pyridine rings is 1. The summed E-state index contributed by atoms with van der Waals surface area (Å²) in [4.78, 5) is 27.9. The predicted octanol–water partition coefficient (Wildman–Crippen LogP) is 5.21. The van der Waals surface area contributed by atoms with Crippen LogP contribution in [0.5, 0.6) is 11.5 Å². The molecule has 2 heterocycles. The molecule has 12 heteroatoms. The monoisotopic (exact) mass is 580 g/mol. The lowest BCUT2D eigenvalue weighted by molar-refractivity contribution is 0.199. The number of nitrogens with one attached hydrogen (secondary N) is 2. The lowest BCUT2D eigenvalue weighted by Gasteiger charge is -2.38. The van der Waals surface area contributed by atoms with Crippen LogP contribution in [-0.4, -0.2) is 49.1 Å². The summed E-state index contributed by atoms with van der Waals surface area (Å²) in [6.45, 7) is 5.04. The molecule has 208 valence electrons. The minimum atomic E-state index is -1.16. The Bertz CT molecular complexity index is 1490. The van der Waals surface area contributed by atoms with Gasteiger partial charge in [0.25, 0.3) is 0 Å². The highest BCUT2D eigenvalue weighted by atomic mass is 35.5. The van der Waals surface area contributed by atoms with Crippen molar-refractivity contribution in [2.45, 2.75) is 51.1 Å². The van der Waals surface area contributed by atoms with Crippen molar-refractivity contribution in [3.05, 3.63) is 62.1 Å². The van der Waals surface area contributed by atoms with Gasteiger partial charge in [-0.15, -0.1) is 0 Å². The summed E-state index contributed by atoms with van der Waals surface area (Å²) in [7, 11) is 1.39. The molecule has 1 aliphatic carbocycles. The zero-order valence-corrected chi connectivity index (χ0v) is 23.1. The zero-order valence-electron chi connectivity index (χ0n) is 21.6. The first-order valence-electron chi connectivity index (χ1n) is 12.6. The van der Waals surface area contributed by atoms with Gasteiger partial charge in [0.1, 0.15) is 11.9 Å². The lowest BCUT2D eigenvalue weighted by atomic mass is 10.1. The van der Waals surface area contributed by atoms with Gasteiger partial charge in [0.05, 0.1) is 30.3 Å². The first-order valence-corrected chi connectivity index (χ1v) is 13.3. The van der Waals surface area contributed by atoms with E-state index in [-0.39, 0.29) is 53.1 Å². The number of rotatable bonds is 6. The van der Waals surface area contributed by atoms with Gasteiger partial charge in [-0.3, -0.25) is 4.79 Å². The standard InChI is InChI=1S/C27H28Cl2F2N4O4/c1-13-10-34(11-14(2)33-13)24-20(31)7-17-23(26(24)38-3)35(21-8-19(21)30)12-22(25(17)36)39-27(37)32-9-15-4-5-16(28)6-18(15)29/h4-7,12-14,19,21,33H,8-11H2,1-3H3,(H,32,37)/t13?,14?,19-,21+/m0/s1. The second-order valence-corrected chi connectivity index (χ2v) is 10.9. The average Bonchev–Trinajstić information content (AvgIpc) is 3.60. The first-order chi connectivity index (χ1) is 18.6. The highest BCUT2D eigenvalue weighted by molar-refractivity contribution is 6.35. The fraction of sp³-hybridized carbons (Fsp3) is 0.407. The van der Waals surface area contributed by atoms with Gasteiger partial charge in [-0.2, -0.15) is 0 Å². The van der Waals surface area contributed by atoms with Crippen LogP contribution in [-0.2, 0) is 6.54 Å². The van der Waals surface area contributed by atoms with Crippen molar-refractivity contribution < 1.29 is 23.0 Å². The molecule has 0 bridgehead atoms. The Morgan fingerprint density at radius 3 is 2.51 bits per heavy atom. The molecule has 2 N–H and O–H groups in total. The molecule has 2 aromatic carbocycles. The van der Waals surface area contributed by atoms with E-state index in [9.17, 15) is 14.0 Å². The van der Waals surface area contributed by atoms with E-state index in [0.717, 1.165) is 6.07 Å². The van der Waals surface area contributed by atoms with E-state index in [1.54, 1.807) is 12.1 Å². The number of fused-ring (bicyclic) bond motifs is 1. The van der Waals surface area contributed by atoms with Crippen molar-refractivity contribution in [2.24, 2.45) is 0 Å². The largest absolute Gasteiger partial charge is 0.492 e. The molecule has 1 saturated heterocycles. The molecular weight excluding hydrogens is 553 g/mol. The maximum absolute atomic E-state index is 15.7. The third-order valence-corrected chi connectivity index (χ3v) is 7.51. The second-order valence-electron chi connectivity index (χ2n) is 10.0. The number of alkyl halides is 1. The van der Waals surface area contributed by atoms with Crippen LogP contribution in [0.4, 0.5) is 19.3 Å². The summed E-state index contributed by atoms with van der Waals surface area (Å²) in [6, 6.07) is 5.48. The fourth-order valence-electron chi connectivity index (χ4n) is 5.16. The third-order valence-electron chi connectivity index (χ3n) is 6.92. The van der Waals surface area contributed by atoms with Gasteiger partial charge in [0, 0.05) is 48.2 Å². The zero-order chi connectivity index (χ0) is 28.0. The molecule has 1 aromatic heterocycles. The number of hydrogen-bond donors (Lipinski definition) is 2.